The van der Waals surface area contributed by atoms with Crippen LogP contribution < -0.4 is 5.32 Å². The third-order valence-corrected chi connectivity index (χ3v) is 7.12. The predicted octanol–water partition coefficient (Wildman–Crippen LogP) is 3.08. The van der Waals surface area contributed by atoms with Gasteiger partial charge in [-0.1, -0.05) is 5.16 Å². The number of nitro groups is 1. The second-order valence-corrected chi connectivity index (χ2v) is 9.29. The molecule has 0 aliphatic heterocycles. The van der Waals surface area contributed by atoms with Crippen molar-refractivity contribution in [3.8, 4) is 0 Å². The molecule has 29 heavy (non-hydrogen) atoms. The lowest BCUT2D eigenvalue weighted by molar-refractivity contribution is -0.389. The zero-order chi connectivity index (χ0) is 20.2. The molecule has 0 unspecified atom stereocenters. The largest absolute Gasteiger partial charge is 0.389 e. The Morgan fingerprint density at radius 1 is 1.31 bits per heavy atom. The Morgan fingerprint density at radius 2 is 1.97 bits per heavy atom. The van der Waals surface area contributed by atoms with Crippen LogP contribution in [-0.4, -0.2) is 32.3 Å². The lowest BCUT2D eigenvalue weighted by Gasteiger charge is -2.56. The van der Waals surface area contributed by atoms with E-state index in [-0.39, 0.29) is 29.4 Å². The normalized spacial score (nSPS) is 29.9. The molecule has 4 bridgehead atoms. The van der Waals surface area contributed by atoms with Gasteiger partial charge in [0.25, 0.3) is 5.91 Å². The monoisotopic (exact) mass is 399 g/mol. The minimum atomic E-state index is -0.546. The third kappa shape index (κ3) is 3.32. The number of rotatable bonds is 6. The van der Waals surface area contributed by atoms with E-state index in [1.807, 2.05) is 0 Å². The standard InChI is InChI=1S/C20H25N5O4/c1-12-16(10-24-3-2-17(22-24)25(27)28)18(23-29-12)19(26)21-11-20-7-13-4-14(8-20)6-15(5-13)9-20/h2-3,13-15H,4-11H2,1H3,(H,21,26). The Balaban J connectivity index is 1.29. The second-order valence-electron chi connectivity index (χ2n) is 9.29. The van der Waals surface area contributed by atoms with Crippen molar-refractivity contribution in [2.75, 3.05) is 6.54 Å². The van der Waals surface area contributed by atoms with E-state index in [9.17, 15) is 14.9 Å². The summed E-state index contributed by atoms with van der Waals surface area (Å²) in [7, 11) is 0. The van der Waals surface area contributed by atoms with Crippen LogP contribution in [0.5, 0.6) is 0 Å². The molecule has 0 saturated heterocycles. The summed E-state index contributed by atoms with van der Waals surface area (Å²) in [6.45, 7) is 2.62. The van der Waals surface area contributed by atoms with Crippen molar-refractivity contribution in [1.82, 2.24) is 20.3 Å². The molecular weight excluding hydrogens is 374 g/mol. The van der Waals surface area contributed by atoms with Crippen LogP contribution in [0.15, 0.2) is 16.8 Å². The molecule has 9 nitrogen and oxygen atoms in total. The molecule has 2 heterocycles. The number of nitrogens with zero attached hydrogens (tertiary/aromatic N) is 4. The highest BCUT2D eigenvalue weighted by atomic mass is 16.6. The van der Waals surface area contributed by atoms with E-state index in [4.69, 9.17) is 4.52 Å². The molecule has 4 fully saturated rings. The Morgan fingerprint density at radius 3 is 2.55 bits per heavy atom. The number of carbonyl (C=O) groups excluding carboxylic acids is 1. The Hall–Kier alpha value is -2.71. The Labute approximate surface area is 168 Å². The molecule has 1 N–H and O–H groups in total. The van der Waals surface area contributed by atoms with Crippen LogP contribution in [-0.2, 0) is 6.54 Å². The van der Waals surface area contributed by atoms with Crippen molar-refractivity contribution in [3.05, 3.63) is 39.4 Å². The van der Waals surface area contributed by atoms with Crippen LogP contribution in [0.3, 0.4) is 0 Å². The van der Waals surface area contributed by atoms with E-state index in [1.54, 1.807) is 6.92 Å². The minimum Gasteiger partial charge on any atom is -0.361 e. The number of aryl methyl sites for hydroxylation is 1. The molecule has 2 aromatic rings. The molecule has 4 aliphatic carbocycles. The lowest BCUT2D eigenvalue weighted by atomic mass is 9.49. The molecule has 6 rings (SSSR count). The molecule has 0 atom stereocenters. The van der Waals surface area contributed by atoms with Crippen molar-refractivity contribution in [2.45, 2.75) is 52.0 Å². The fourth-order valence-corrected chi connectivity index (χ4v) is 6.31. The van der Waals surface area contributed by atoms with Crippen LogP contribution in [0.4, 0.5) is 5.82 Å². The van der Waals surface area contributed by atoms with Crippen molar-refractivity contribution in [2.24, 2.45) is 23.2 Å². The Bertz CT molecular complexity index is 927. The Kier molecular flexibility index (Phi) is 4.22. The van der Waals surface area contributed by atoms with Crippen molar-refractivity contribution < 1.29 is 14.2 Å². The van der Waals surface area contributed by atoms with Gasteiger partial charge in [0.2, 0.25) is 0 Å². The van der Waals surface area contributed by atoms with Gasteiger partial charge in [-0.3, -0.25) is 4.79 Å². The van der Waals surface area contributed by atoms with Crippen molar-refractivity contribution >= 4 is 11.7 Å². The lowest BCUT2D eigenvalue weighted by Crippen LogP contribution is -2.51. The summed E-state index contributed by atoms with van der Waals surface area (Å²) in [5.74, 6) is 2.54. The molecular formula is C20H25N5O4. The van der Waals surface area contributed by atoms with Crippen LogP contribution in [0.25, 0.3) is 0 Å². The molecule has 4 aliphatic rings. The molecule has 4 saturated carbocycles. The quantitative estimate of drug-likeness (QED) is 0.589. The molecule has 154 valence electrons. The highest BCUT2D eigenvalue weighted by Crippen LogP contribution is 2.59. The van der Waals surface area contributed by atoms with E-state index in [0.717, 1.165) is 17.8 Å². The van der Waals surface area contributed by atoms with Crippen LogP contribution in [0.1, 0.15) is 60.3 Å². The fourth-order valence-electron chi connectivity index (χ4n) is 6.31. The number of hydrogen-bond acceptors (Lipinski definition) is 6. The zero-order valence-electron chi connectivity index (χ0n) is 16.5. The van der Waals surface area contributed by atoms with Gasteiger partial charge in [-0.2, -0.15) is 4.68 Å². The van der Waals surface area contributed by atoms with Gasteiger partial charge in [0, 0.05) is 6.54 Å². The van der Waals surface area contributed by atoms with Gasteiger partial charge in [0.1, 0.15) is 5.76 Å². The maximum Gasteiger partial charge on any atom is 0.389 e. The van der Waals surface area contributed by atoms with Gasteiger partial charge < -0.3 is 20.0 Å². The van der Waals surface area contributed by atoms with Crippen LogP contribution in [0.2, 0.25) is 0 Å². The maximum atomic E-state index is 12.9. The third-order valence-electron chi connectivity index (χ3n) is 7.12. The van der Waals surface area contributed by atoms with Gasteiger partial charge in [-0.15, -0.1) is 0 Å². The summed E-state index contributed by atoms with van der Waals surface area (Å²) in [4.78, 5) is 23.2. The maximum absolute atomic E-state index is 12.9. The summed E-state index contributed by atoms with van der Waals surface area (Å²) in [5.41, 5.74) is 1.09. The SMILES string of the molecule is Cc1onc(C(=O)NCC23CC4CC(CC(C4)C2)C3)c1Cn1ccc([N+](=O)[O-])n1. The first kappa shape index (κ1) is 18.3. The summed E-state index contributed by atoms with van der Waals surface area (Å²) in [5, 5.41) is 21.8. The molecule has 0 spiro atoms. The summed E-state index contributed by atoms with van der Waals surface area (Å²) >= 11 is 0. The minimum absolute atomic E-state index is 0.198. The average molecular weight is 399 g/mol. The summed E-state index contributed by atoms with van der Waals surface area (Å²) in [6.07, 6.45) is 9.30. The zero-order valence-corrected chi connectivity index (χ0v) is 16.5. The van der Waals surface area contributed by atoms with Crippen molar-refractivity contribution in [1.29, 1.82) is 0 Å². The predicted molar refractivity (Wildman–Crippen MR) is 102 cm³/mol. The van der Waals surface area contributed by atoms with E-state index in [1.165, 1.54) is 55.5 Å². The first-order valence-corrected chi connectivity index (χ1v) is 10.3. The molecule has 0 radical (unpaired) electrons. The van der Waals surface area contributed by atoms with Crippen LogP contribution >= 0.6 is 0 Å². The van der Waals surface area contributed by atoms with E-state index >= 15 is 0 Å². The van der Waals surface area contributed by atoms with E-state index in [2.05, 4.69) is 15.6 Å². The molecule has 0 aromatic carbocycles. The fraction of sp³-hybridized carbons (Fsp3) is 0.650. The van der Waals surface area contributed by atoms with Gasteiger partial charge in [0.05, 0.1) is 29.5 Å². The number of amides is 1. The molecule has 9 heteroatoms. The second kappa shape index (κ2) is 6.67. The van der Waals surface area contributed by atoms with Gasteiger partial charge in [-0.25, -0.2) is 0 Å². The van der Waals surface area contributed by atoms with Gasteiger partial charge in [-0.05, 0) is 73.5 Å². The molecule has 2 aromatic heterocycles. The number of nitrogens with one attached hydrogen (secondary N) is 1. The van der Waals surface area contributed by atoms with E-state index in [0.29, 0.717) is 17.9 Å². The van der Waals surface area contributed by atoms with Crippen LogP contribution in [0, 0.1) is 40.2 Å². The van der Waals surface area contributed by atoms with Gasteiger partial charge in [0.15, 0.2) is 5.69 Å². The smallest absolute Gasteiger partial charge is 0.361 e. The van der Waals surface area contributed by atoms with E-state index < -0.39 is 4.92 Å². The topological polar surface area (TPSA) is 116 Å². The first-order chi connectivity index (χ1) is 13.9. The highest BCUT2D eigenvalue weighted by Gasteiger charge is 2.50. The average Bonchev–Trinajstić information content (AvgIpc) is 3.27. The number of carbonyl (C=O) groups is 1. The first-order valence-electron chi connectivity index (χ1n) is 10.3. The number of aromatic nitrogens is 3. The summed E-state index contributed by atoms with van der Waals surface area (Å²) < 4.78 is 6.68. The number of hydrogen-bond donors (Lipinski definition) is 1. The van der Waals surface area contributed by atoms with Crippen molar-refractivity contribution in [3.63, 3.8) is 0 Å². The molecule has 1 amide bonds. The highest BCUT2D eigenvalue weighted by molar-refractivity contribution is 5.93. The van der Waals surface area contributed by atoms with Gasteiger partial charge >= 0.3 is 5.82 Å². The summed E-state index contributed by atoms with van der Waals surface area (Å²) in [6, 6.07) is 1.33.